The summed E-state index contributed by atoms with van der Waals surface area (Å²) in [5.74, 6) is 0.190. The van der Waals surface area contributed by atoms with Crippen LogP contribution in [-0.2, 0) is 10.0 Å². The smallest absolute Gasteiger partial charge is 0.255 e. The zero-order valence-corrected chi connectivity index (χ0v) is 17.2. The molecule has 1 heterocycles. The molecule has 1 saturated heterocycles. The Kier molecular flexibility index (Phi) is 6.59. The molecular weight excluding hydrogens is 400 g/mol. The summed E-state index contributed by atoms with van der Waals surface area (Å²) >= 11 is 6.19. The highest BCUT2D eigenvalue weighted by Gasteiger charge is 2.28. The highest BCUT2D eigenvalue weighted by molar-refractivity contribution is 7.89. The van der Waals surface area contributed by atoms with E-state index < -0.39 is 15.9 Å². The van der Waals surface area contributed by atoms with Crippen LogP contribution in [0.4, 0.5) is 5.69 Å². The van der Waals surface area contributed by atoms with E-state index in [0.717, 1.165) is 25.7 Å². The summed E-state index contributed by atoms with van der Waals surface area (Å²) in [4.78, 5) is 12.6. The molecule has 6 nitrogen and oxygen atoms in total. The third-order valence-electron chi connectivity index (χ3n) is 4.70. The molecule has 0 radical (unpaired) electrons. The third-order valence-corrected chi connectivity index (χ3v) is 7.08. The van der Waals surface area contributed by atoms with Gasteiger partial charge in [0.05, 0.1) is 12.1 Å². The van der Waals surface area contributed by atoms with E-state index in [9.17, 15) is 13.2 Å². The van der Waals surface area contributed by atoms with E-state index in [2.05, 4.69) is 5.32 Å². The summed E-state index contributed by atoms with van der Waals surface area (Å²) in [5.41, 5.74) is 0.775. The molecule has 0 unspecified atom stereocenters. The highest BCUT2D eigenvalue weighted by Crippen LogP contribution is 2.28. The monoisotopic (exact) mass is 422 g/mol. The first kappa shape index (κ1) is 20.6. The predicted octanol–water partition coefficient (Wildman–Crippen LogP) is 4.17. The fourth-order valence-corrected chi connectivity index (χ4v) is 5.18. The quantitative estimate of drug-likeness (QED) is 0.784. The summed E-state index contributed by atoms with van der Waals surface area (Å²) < 4.78 is 32.8. The van der Waals surface area contributed by atoms with Crippen LogP contribution in [0.3, 0.4) is 0 Å². The minimum Gasteiger partial charge on any atom is -0.497 e. The molecule has 1 aliphatic heterocycles. The lowest BCUT2D eigenvalue weighted by molar-refractivity contribution is 0.102. The van der Waals surface area contributed by atoms with Crippen LogP contribution in [0.1, 0.15) is 36.0 Å². The molecule has 28 heavy (non-hydrogen) atoms. The van der Waals surface area contributed by atoms with Crippen LogP contribution in [0.5, 0.6) is 5.75 Å². The van der Waals surface area contributed by atoms with Crippen molar-refractivity contribution in [3.63, 3.8) is 0 Å². The summed E-state index contributed by atoms with van der Waals surface area (Å²) in [7, 11) is -2.21. The number of halogens is 1. The average Bonchev–Trinajstić information content (AvgIpc) is 2.98. The molecule has 0 aromatic heterocycles. The molecule has 8 heteroatoms. The van der Waals surface area contributed by atoms with Gasteiger partial charge < -0.3 is 10.1 Å². The molecule has 2 aromatic carbocycles. The Bertz CT molecular complexity index is 954. The van der Waals surface area contributed by atoms with E-state index in [4.69, 9.17) is 16.3 Å². The Morgan fingerprint density at radius 1 is 1.07 bits per heavy atom. The van der Waals surface area contributed by atoms with Crippen molar-refractivity contribution in [2.75, 3.05) is 25.5 Å². The number of rotatable bonds is 5. The van der Waals surface area contributed by atoms with Crippen molar-refractivity contribution >= 4 is 33.2 Å². The molecule has 2 aromatic rings. The zero-order valence-electron chi connectivity index (χ0n) is 15.7. The van der Waals surface area contributed by atoms with E-state index in [1.165, 1.54) is 22.5 Å². The Morgan fingerprint density at radius 3 is 2.46 bits per heavy atom. The molecule has 1 N–H and O–H groups in total. The fraction of sp³-hybridized carbons (Fsp3) is 0.350. The second-order valence-corrected chi connectivity index (χ2v) is 8.96. The largest absolute Gasteiger partial charge is 0.497 e. The van der Waals surface area contributed by atoms with Gasteiger partial charge in [0.2, 0.25) is 10.0 Å². The summed E-state index contributed by atoms with van der Waals surface area (Å²) in [6, 6.07) is 11.2. The van der Waals surface area contributed by atoms with Gasteiger partial charge in [-0.15, -0.1) is 0 Å². The van der Waals surface area contributed by atoms with Crippen LogP contribution in [0, 0.1) is 0 Å². The number of nitrogens with one attached hydrogen (secondary N) is 1. The minimum atomic E-state index is -3.75. The second-order valence-electron chi connectivity index (χ2n) is 6.65. The maximum Gasteiger partial charge on any atom is 0.255 e. The number of nitrogens with zero attached hydrogens (tertiary/aromatic N) is 1. The fourth-order valence-electron chi connectivity index (χ4n) is 3.17. The van der Waals surface area contributed by atoms with E-state index in [1.807, 2.05) is 0 Å². The van der Waals surface area contributed by atoms with Gasteiger partial charge >= 0.3 is 0 Å². The molecule has 3 rings (SSSR count). The molecule has 150 valence electrons. The van der Waals surface area contributed by atoms with Gasteiger partial charge in [-0.1, -0.05) is 30.5 Å². The standard InChI is InChI=1S/C20H23ClN2O4S/c1-27-17-8-6-7-16(14-17)22-20(24)15-9-10-18(21)19(13-15)28(25,26)23-11-4-2-3-5-12-23/h6-10,13-14H,2-5,11-12H2,1H3,(H,22,24). The number of hydrogen-bond donors (Lipinski definition) is 1. The van der Waals surface area contributed by atoms with Gasteiger partial charge in [-0.05, 0) is 43.2 Å². The Morgan fingerprint density at radius 2 is 1.79 bits per heavy atom. The Hall–Kier alpha value is -2.09. The summed E-state index contributed by atoms with van der Waals surface area (Å²) in [6.07, 6.45) is 3.69. The predicted molar refractivity (Wildman–Crippen MR) is 110 cm³/mol. The molecule has 1 fully saturated rings. The summed E-state index contributed by atoms with van der Waals surface area (Å²) in [5, 5.41) is 2.86. The lowest BCUT2D eigenvalue weighted by Crippen LogP contribution is -2.32. The lowest BCUT2D eigenvalue weighted by atomic mass is 10.2. The molecule has 1 amide bonds. The normalized spacial score (nSPS) is 15.6. The van der Waals surface area contributed by atoms with E-state index in [1.54, 1.807) is 31.4 Å². The van der Waals surface area contributed by atoms with Crippen molar-refractivity contribution in [3.05, 3.63) is 53.1 Å². The van der Waals surface area contributed by atoms with Gasteiger partial charge in [0.1, 0.15) is 10.6 Å². The van der Waals surface area contributed by atoms with Crippen LogP contribution < -0.4 is 10.1 Å². The maximum absolute atomic E-state index is 13.1. The van der Waals surface area contributed by atoms with Crippen LogP contribution in [0.25, 0.3) is 0 Å². The van der Waals surface area contributed by atoms with Crippen LogP contribution >= 0.6 is 11.6 Å². The van der Waals surface area contributed by atoms with E-state index >= 15 is 0 Å². The third kappa shape index (κ3) is 4.66. The van der Waals surface area contributed by atoms with E-state index in [-0.39, 0.29) is 15.5 Å². The second kappa shape index (κ2) is 8.94. The first-order chi connectivity index (χ1) is 13.4. The number of carbonyl (C=O) groups is 1. The zero-order chi connectivity index (χ0) is 20.1. The highest BCUT2D eigenvalue weighted by atomic mass is 35.5. The average molecular weight is 423 g/mol. The van der Waals surface area contributed by atoms with Gasteiger partial charge in [0.25, 0.3) is 5.91 Å². The molecule has 0 spiro atoms. The molecule has 0 bridgehead atoms. The lowest BCUT2D eigenvalue weighted by Gasteiger charge is -2.21. The van der Waals surface area contributed by atoms with Crippen molar-refractivity contribution < 1.29 is 17.9 Å². The Labute approximate surface area is 170 Å². The summed E-state index contributed by atoms with van der Waals surface area (Å²) in [6.45, 7) is 0.942. The van der Waals surface area contributed by atoms with Gasteiger partial charge in [-0.3, -0.25) is 4.79 Å². The van der Waals surface area contributed by atoms with Crippen molar-refractivity contribution in [1.29, 1.82) is 0 Å². The molecular formula is C20H23ClN2O4S. The maximum atomic E-state index is 13.1. The topological polar surface area (TPSA) is 75.7 Å². The number of carbonyl (C=O) groups excluding carboxylic acids is 1. The number of benzene rings is 2. The van der Waals surface area contributed by atoms with Crippen molar-refractivity contribution in [1.82, 2.24) is 4.31 Å². The molecule has 0 atom stereocenters. The number of anilines is 1. The molecule has 0 saturated carbocycles. The van der Waals surface area contributed by atoms with Gasteiger partial charge in [0.15, 0.2) is 0 Å². The molecule has 1 aliphatic rings. The number of methoxy groups -OCH3 is 1. The van der Waals surface area contributed by atoms with Crippen LogP contribution in [0.15, 0.2) is 47.4 Å². The number of amides is 1. The van der Waals surface area contributed by atoms with Crippen LogP contribution in [-0.4, -0.2) is 38.8 Å². The SMILES string of the molecule is COc1cccc(NC(=O)c2ccc(Cl)c(S(=O)(=O)N3CCCCCC3)c2)c1. The van der Waals surface area contributed by atoms with Crippen molar-refractivity contribution in [2.24, 2.45) is 0 Å². The van der Waals surface area contributed by atoms with Crippen molar-refractivity contribution in [3.8, 4) is 5.75 Å². The first-order valence-corrected chi connectivity index (χ1v) is 11.0. The minimum absolute atomic E-state index is 0.0330. The number of sulfonamides is 1. The van der Waals surface area contributed by atoms with Crippen molar-refractivity contribution in [2.45, 2.75) is 30.6 Å². The van der Waals surface area contributed by atoms with Gasteiger partial charge in [-0.2, -0.15) is 4.31 Å². The number of ether oxygens (including phenoxy) is 1. The van der Waals surface area contributed by atoms with Crippen LogP contribution in [0.2, 0.25) is 5.02 Å². The molecule has 0 aliphatic carbocycles. The first-order valence-electron chi connectivity index (χ1n) is 9.17. The number of hydrogen-bond acceptors (Lipinski definition) is 4. The van der Waals surface area contributed by atoms with Gasteiger partial charge in [0, 0.05) is 30.4 Å². The van der Waals surface area contributed by atoms with Gasteiger partial charge in [-0.25, -0.2) is 8.42 Å². The van der Waals surface area contributed by atoms with E-state index in [0.29, 0.717) is 24.5 Å². The Balaban J connectivity index is 1.86.